The van der Waals surface area contributed by atoms with Crippen LogP contribution in [0, 0.1) is 5.82 Å². The second kappa shape index (κ2) is 8.69. The molecular formula is C16H23FO3. The number of rotatable bonds is 9. The third kappa shape index (κ3) is 5.70. The fourth-order valence-corrected chi connectivity index (χ4v) is 1.99. The Morgan fingerprint density at radius 3 is 2.75 bits per heavy atom. The highest BCUT2D eigenvalue weighted by atomic mass is 19.1. The second-order valence-electron chi connectivity index (χ2n) is 5.08. The number of unbranched alkanes of at least 4 members (excludes halogenated alkanes) is 3. The lowest BCUT2D eigenvalue weighted by Gasteiger charge is -2.13. The molecule has 1 rings (SSSR count). The normalized spacial score (nSPS) is 12.3. The number of hydrogen-bond acceptors (Lipinski definition) is 2. The van der Waals surface area contributed by atoms with Crippen molar-refractivity contribution < 1.29 is 19.0 Å². The van der Waals surface area contributed by atoms with Crippen LogP contribution in [0.1, 0.15) is 61.9 Å². The number of carboxylic acid groups (broad SMARTS) is 1. The van der Waals surface area contributed by atoms with Gasteiger partial charge in [0.1, 0.15) is 5.82 Å². The van der Waals surface area contributed by atoms with Gasteiger partial charge in [-0.15, -0.1) is 0 Å². The van der Waals surface area contributed by atoms with Crippen LogP contribution in [-0.4, -0.2) is 17.2 Å². The van der Waals surface area contributed by atoms with E-state index in [0.717, 1.165) is 12.8 Å². The number of carbonyl (C=O) groups is 1. The zero-order chi connectivity index (χ0) is 15.0. The summed E-state index contributed by atoms with van der Waals surface area (Å²) in [5, 5.41) is 8.88. The Bertz CT molecular complexity index is 432. The molecule has 1 aromatic carbocycles. The van der Waals surface area contributed by atoms with E-state index in [0.29, 0.717) is 5.56 Å². The Hall–Kier alpha value is -1.42. The summed E-state index contributed by atoms with van der Waals surface area (Å²) < 4.78 is 19.2. The SMILES string of the molecule is CCCCCCC(C)OCc1cc(C(=O)O)ccc1F. The lowest BCUT2D eigenvalue weighted by atomic mass is 10.1. The van der Waals surface area contributed by atoms with E-state index < -0.39 is 11.8 Å². The van der Waals surface area contributed by atoms with E-state index in [9.17, 15) is 9.18 Å². The fraction of sp³-hybridized carbons (Fsp3) is 0.562. The predicted octanol–water partition coefficient (Wildman–Crippen LogP) is 4.40. The molecule has 3 nitrogen and oxygen atoms in total. The van der Waals surface area contributed by atoms with Crippen LogP contribution in [0.2, 0.25) is 0 Å². The average molecular weight is 282 g/mol. The summed E-state index contributed by atoms with van der Waals surface area (Å²) in [6.45, 7) is 4.24. The summed E-state index contributed by atoms with van der Waals surface area (Å²) in [4.78, 5) is 10.8. The summed E-state index contributed by atoms with van der Waals surface area (Å²) in [6.07, 6.45) is 5.71. The molecule has 4 heteroatoms. The van der Waals surface area contributed by atoms with E-state index >= 15 is 0 Å². The van der Waals surface area contributed by atoms with E-state index in [4.69, 9.17) is 9.84 Å². The van der Waals surface area contributed by atoms with Crippen LogP contribution in [0.5, 0.6) is 0 Å². The molecular weight excluding hydrogens is 259 g/mol. The van der Waals surface area contributed by atoms with E-state index in [1.165, 1.54) is 37.5 Å². The molecule has 1 unspecified atom stereocenters. The quantitative estimate of drug-likeness (QED) is 0.683. The van der Waals surface area contributed by atoms with Crippen molar-refractivity contribution in [1.29, 1.82) is 0 Å². The maximum absolute atomic E-state index is 13.6. The Morgan fingerprint density at radius 2 is 2.10 bits per heavy atom. The van der Waals surface area contributed by atoms with Gasteiger partial charge in [-0.3, -0.25) is 0 Å². The maximum Gasteiger partial charge on any atom is 0.335 e. The number of carboxylic acids is 1. The summed E-state index contributed by atoms with van der Waals surface area (Å²) in [5.41, 5.74) is 0.380. The molecule has 0 aliphatic heterocycles. The van der Waals surface area contributed by atoms with E-state index in [2.05, 4.69) is 6.92 Å². The van der Waals surface area contributed by atoms with Crippen molar-refractivity contribution >= 4 is 5.97 Å². The largest absolute Gasteiger partial charge is 0.478 e. The summed E-state index contributed by atoms with van der Waals surface area (Å²) in [7, 11) is 0. The summed E-state index contributed by atoms with van der Waals surface area (Å²) >= 11 is 0. The second-order valence-corrected chi connectivity index (χ2v) is 5.08. The molecule has 20 heavy (non-hydrogen) atoms. The lowest BCUT2D eigenvalue weighted by molar-refractivity contribution is 0.0442. The van der Waals surface area contributed by atoms with Gasteiger partial charge in [-0.2, -0.15) is 0 Å². The van der Waals surface area contributed by atoms with Crippen molar-refractivity contribution in [3.63, 3.8) is 0 Å². The number of halogens is 1. The van der Waals surface area contributed by atoms with Gasteiger partial charge in [0, 0.05) is 5.56 Å². The molecule has 1 aromatic rings. The highest BCUT2D eigenvalue weighted by Crippen LogP contribution is 2.15. The molecule has 0 radical (unpaired) electrons. The Labute approximate surface area is 119 Å². The first-order chi connectivity index (χ1) is 9.54. The zero-order valence-corrected chi connectivity index (χ0v) is 12.2. The van der Waals surface area contributed by atoms with Crippen LogP contribution in [0.15, 0.2) is 18.2 Å². The van der Waals surface area contributed by atoms with Crippen LogP contribution in [-0.2, 0) is 11.3 Å². The third-order valence-corrected chi connectivity index (χ3v) is 3.28. The molecule has 1 atom stereocenters. The standard InChI is InChI=1S/C16H23FO3/c1-3-4-5-6-7-12(2)20-11-14-10-13(16(18)19)8-9-15(14)17/h8-10,12H,3-7,11H2,1-2H3,(H,18,19). The van der Waals surface area contributed by atoms with Crippen LogP contribution < -0.4 is 0 Å². The summed E-state index contributed by atoms with van der Waals surface area (Å²) in [6, 6.07) is 3.77. The van der Waals surface area contributed by atoms with Crippen LogP contribution in [0.3, 0.4) is 0 Å². The van der Waals surface area contributed by atoms with Gasteiger partial charge in [-0.05, 0) is 31.5 Å². The van der Waals surface area contributed by atoms with Crippen LogP contribution >= 0.6 is 0 Å². The minimum atomic E-state index is -1.06. The van der Waals surface area contributed by atoms with Crippen molar-refractivity contribution in [1.82, 2.24) is 0 Å². The van der Waals surface area contributed by atoms with Gasteiger partial charge in [-0.1, -0.05) is 32.6 Å². The van der Waals surface area contributed by atoms with Gasteiger partial charge >= 0.3 is 5.97 Å². The molecule has 0 heterocycles. The highest BCUT2D eigenvalue weighted by molar-refractivity contribution is 5.87. The number of ether oxygens (including phenoxy) is 1. The minimum absolute atomic E-state index is 0.0553. The Kier molecular flexibility index (Phi) is 7.23. The lowest BCUT2D eigenvalue weighted by Crippen LogP contribution is -2.09. The molecule has 0 aromatic heterocycles. The van der Waals surface area contributed by atoms with E-state index in [1.54, 1.807) is 0 Å². The van der Waals surface area contributed by atoms with Crippen molar-refractivity contribution in [2.45, 2.75) is 58.7 Å². The molecule has 0 aliphatic carbocycles. The monoisotopic (exact) mass is 282 g/mol. The molecule has 0 fully saturated rings. The van der Waals surface area contributed by atoms with Gasteiger partial charge in [-0.25, -0.2) is 9.18 Å². The Balaban J connectivity index is 2.44. The Morgan fingerprint density at radius 1 is 1.35 bits per heavy atom. The number of benzene rings is 1. The molecule has 0 saturated carbocycles. The number of aromatic carboxylic acids is 1. The van der Waals surface area contributed by atoms with Gasteiger partial charge in [0.25, 0.3) is 0 Å². The zero-order valence-electron chi connectivity index (χ0n) is 12.2. The maximum atomic E-state index is 13.6. The van der Waals surface area contributed by atoms with Crippen LogP contribution in [0.25, 0.3) is 0 Å². The van der Waals surface area contributed by atoms with Gasteiger partial charge < -0.3 is 9.84 Å². The topological polar surface area (TPSA) is 46.5 Å². The number of hydrogen-bond donors (Lipinski definition) is 1. The van der Waals surface area contributed by atoms with Crippen molar-refractivity contribution in [2.24, 2.45) is 0 Å². The van der Waals surface area contributed by atoms with E-state index in [-0.39, 0.29) is 18.3 Å². The van der Waals surface area contributed by atoms with Gasteiger partial charge in [0.15, 0.2) is 0 Å². The first kappa shape index (κ1) is 16.6. The molecule has 112 valence electrons. The van der Waals surface area contributed by atoms with Crippen molar-refractivity contribution in [3.8, 4) is 0 Å². The third-order valence-electron chi connectivity index (χ3n) is 3.28. The minimum Gasteiger partial charge on any atom is -0.478 e. The summed E-state index contributed by atoms with van der Waals surface area (Å²) in [5.74, 6) is -1.48. The fourth-order valence-electron chi connectivity index (χ4n) is 1.99. The van der Waals surface area contributed by atoms with Gasteiger partial charge in [0.05, 0.1) is 18.3 Å². The highest BCUT2D eigenvalue weighted by Gasteiger charge is 2.10. The van der Waals surface area contributed by atoms with Crippen molar-refractivity contribution in [2.75, 3.05) is 0 Å². The van der Waals surface area contributed by atoms with Gasteiger partial charge in [0.2, 0.25) is 0 Å². The van der Waals surface area contributed by atoms with Crippen LogP contribution in [0.4, 0.5) is 4.39 Å². The molecule has 0 aliphatic rings. The van der Waals surface area contributed by atoms with E-state index in [1.807, 2.05) is 6.92 Å². The average Bonchev–Trinajstić information content (AvgIpc) is 2.42. The first-order valence-electron chi connectivity index (χ1n) is 7.18. The molecule has 1 N–H and O–H groups in total. The predicted molar refractivity (Wildman–Crippen MR) is 76.4 cm³/mol. The molecule has 0 amide bonds. The van der Waals surface area contributed by atoms with Crippen molar-refractivity contribution in [3.05, 3.63) is 35.1 Å². The molecule has 0 spiro atoms. The smallest absolute Gasteiger partial charge is 0.335 e. The molecule has 0 saturated heterocycles. The molecule has 0 bridgehead atoms. The first-order valence-corrected chi connectivity index (χ1v) is 7.18.